The molecule has 0 unspecified atom stereocenters. The lowest BCUT2D eigenvalue weighted by molar-refractivity contribution is 0.176. The van der Waals surface area contributed by atoms with Crippen LogP contribution in [0.2, 0.25) is 0 Å². The highest BCUT2D eigenvalue weighted by Gasteiger charge is 2.58. The van der Waals surface area contributed by atoms with Gasteiger partial charge < -0.3 is 4.74 Å². The van der Waals surface area contributed by atoms with Crippen LogP contribution in [0.5, 0.6) is 0 Å². The first kappa shape index (κ1) is 10.6. The Hall–Kier alpha value is -0.560. The summed E-state index contributed by atoms with van der Waals surface area (Å²) in [4.78, 5) is 0. The first-order chi connectivity index (χ1) is 7.61. The summed E-state index contributed by atoms with van der Waals surface area (Å²) >= 11 is 0. The molecule has 2 aliphatic carbocycles. The molecule has 0 aromatic heterocycles. The molecule has 3 rings (SSSR count). The molecule has 1 heterocycles. The molecule has 88 valence electrons. The van der Waals surface area contributed by atoms with E-state index in [0.717, 1.165) is 0 Å². The Bertz CT molecular complexity index is 354. The van der Waals surface area contributed by atoms with E-state index >= 15 is 0 Å². The number of epoxide rings is 1. The van der Waals surface area contributed by atoms with Crippen LogP contribution < -0.4 is 0 Å². The van der Waals surface area contributed by atoms with Crippen LogP contribution in [0.3, 0.4) is 0 Å². The summed E-state index contributed by atoms with van der Waals surface area (Å²) in [5.74, 6) is 1.39. The Kier molecular flexibility index (Phi) is 2.29. The Morgan fingerprint density at radius 3 is 3.06 bits per heavy atom. The lowest BCUT2D eigenvalue weighted by atomic mass is 9.68. The Balaban J connectivity index is 1.89. The molecule has 2 bridgehead atoms. The molecule has 0 N–H and O–H groups in total. The molecule has 1 saturated heterocycles. The quantitative estimate of drug-likeness (QED) is 0.481. The summed E-state index contributed by atoms with van der Waals surface area (Å²) in [7, 11) is 0. The molecule has 16 heavy (non-hydrogen) atoms. The van der Waals surface area contributed by atoms with Crippen molar-refractivity contribution in [2.75, 3.05) is 0 Å². The number of hydrogen-bond acceptors (Lipinski definition) is 1. The summed E-state index contributed by atoms with van der Waals surface area (Å²) in [5, 5.41) is 0. The zero-order chi connectivity index (χ0) is 11.3. The van der Waals surface area contributed by atoms with Gasteiger partial charge in [-0.25, -0.2) is 0 Å². The molecule has 1 aliphatic heterocycles. The molecule has 1 spiro atoms. The van der Waals surface area contributed by atoms with Crippen molar-refractivity contribution in [2.45, 2.75) is 57.7 Å². The highest BCUT2D eigenvalue weighted by molar-refractivity contribution is 5.19. The van der Waals surface area contributed by atoms with E-state index in [1.807, 2.05) is 0 Å². The molecular formula is C15H22O. The van der Waals surface area contributed by atoms with Gasteiger partial charge in [-0.2, -0.15) is 0 Å². The molecule has 2 fully saturated rings. The fraction of sp³-hybridized carbons (Fsp3) is 0.733. The molecule has 0 radical (unpaired) electrons. The minimum atomic E-state index is 0.286. The summed E-state index contributed by atoms with van der Waals surface area (Å²) in [5.41, 5.74) is 3.21. The van der Waals surface area contributed by atoms with Crippen LogP contribution in [0.15, 0.2) is 23.8 Å². The smallest absolute Gasteiger partial charge is 0.0954 e. The SMILES string of the molecule is C=C(C)[C@@H]1CC[C@]23C[C@H]1/C=C(/C)CC[C@H]2O3. The van der Waals surface area contributed by atoms with Crippen LogP contribution >= 0.6 is 0 Å². The lowest BCUT2D eigenvalue weighted by Gasteiger charge is -2.35. The van der Waals surface area contributed by atoms with Crippen molar-refractivity contribution in [3.05, 3.63) is 23.8 Å². The second-order valence-corrected chi connectivity index (χ2v) is 6.08. The summed E-state index contributed by atoms with van der Waals surface area (Å²) in [6, 6.07) is 0. The van der Waals surface area contributed by atoms with E-state index in [4.69, 9.17) is 4.74 Å². The summed E-state index contributed by atoms with van der Waals surface area (Å²) < 4.78 is 6.01. The van der Waals surface area contributed by atoms with E-state index in [1.54, 1.807) is 5.57 Å². The van der Waals surface area contributed by atoms with Gasteiger partial charge in [-0.1, -0.05) is 23.8 Å². The van der Waals surface area contributed by atoms with Crippen LogP contribution in [0.1, 0.15) is 46.0 Å². The van der Waals surface area contributed by atoms with Crippen molar-refractivity contribution >= 4 is 0 Å². The number of hydrogen-bond donors (Lipinski definition) is 0. The Morgan fingerprint density at radius 2 is 2.31 bits per heavy atom. The van der Waals surface area contributed by atoms with Crippen molar-refractivity contribution < 1.29 is 4.74 Å². The number of fused-ring (bicyclic) bond motifs is 1. The highest BCUT2D eigenvalue weighted by atomic mass is 16.6. The van der Waals surface area contributed by atoms with Gasteiger partial charge in [-0.3, -0.25) is 0 Å². The van der Waals surface area contributed by atoms with Gasteiger partial charge in [0.2, 0.25) is 0 Å². The van der Waals surface area contributed by atoms with E-state index in [1.165, 1.54) is 37.7 Å². The van der Waals surface area contributed by atoms with Crippen LogP contribution in [0, 0.1) is 11.8 Å². The molecule has 0 aromatic carbocycles. The van der Waals surface area contributed by atoms with Crippen LogP contribution in [-0.2, 0) is 4.74 Å². The third kappa shape index (κ3) is 1.57. The average Bonchev–Trinajstić information content (AvgIpc) is 2.86. The van der Waals surface area contributed by atoms with E-state index in [-0.39, 0.29) is 5.60 Å². The van der Waals surface area contributed by atoms with Crippen LogP contribution in [0.25, 0.3) is 0 Å². The molecule has 4 atom stereocenters. The second kappa shape index (κ2) is 3.46. The molecular weight excluding hydrogens is 196 g/mol. The maximum absolute atomic E-state index is 6.01. The van der Waals surface area contributed by atoms with Crippen molar-refractivity contribution in [3.8, 4) is 0 Å². The van der Waals surface area contributed by atoms with Gasteiger partial charge in [-0.15, -0.1) is 0 Å². The lowest BCUT2D eigenvalue weighted by Crippen LogP contribution is -2.32. The zero-order valence-corrected chi connectivity index (χ0v) is 10.5. The molecule has 0 aromatic rings. The zero-order valence-electron chi connectivity index (χ0n) is 10.5. The predicted octanol–water partition coefficient (Wildman–Crippen LogP) is 3.86. The van der Waals surface area contributed by atoms with E-state index in [2.05, 4.69) is 26.5 Å². The van der Waals surface area contributed by atoms with Gasteiger partial charge >= 0.3 is 0 Å². The first-order valence-electron chi connectivity index (χ1n) is 6.61. The van der Waals surface area contributed by atoms with E-state index in [9.17, 15) is 0 Å². The number of rotatable bonds is 1. The number of ether oxygens (including phenoxy) is 1. The van der Waals surface area contributed by atoms with Gasteiger partial charge in [0.1, 0.15) is 0 Å². The minimum absolute atomic E-state index is 0.286. The minimum Gasteiger partial charge on any atom is -0.366 e. The average molecular weight is 218 g/mol. The highest BCUT2D eigenvalue weighted by Crippen LogP contribution is 2.55. The predicted molar refractivity (Wildman–Crippen MR) is 66.2 cm³/mol. The fourth-order valence-corrected chi connectivity index (χ4v) is 3.82. The Labute approximate surface area is 98.6 Å². The molecule has 3 aliphatic rings. The third-order valence-electron chi connectivity index (χ3n) is 4.82. The van der Waals surface area contributed by atoms with E-state index < -0.39 is 0 Å². The molecule has 1 saturated carbocycles. The van der Waals surface area contributed by atoms with Crippen LogP contribution in [-0.4, -0.2) is 11.7 Å². The molecule has 0 amide bonds. The van der Waals surface area contributed by atoms with Crippen molar-refractivity contribution in [1.29, 1.82) is 0 Å². The first-order valence-corrected chi connectivity index (χ1v) is 6.61. The van der Waals surface area contributed by atoms with Gasteiger partial charge in [-0.05, 0) is 57.8 Å². The van der Waals surface area contributed by atoms with Gasteiger partial charge in [0, 0.05) is 0 Å². The summed E-state index contributed by atoms with van der Waals surface area (Å²) in [6.45, 7) is 8.64. The third-order valence-corrected chi connectivity index (χ3v) is 4.82. The second-order valence-electron chi connectivity index (χ2n) is 6.08. The largest absolute Gasteiger partial charge is 0.366 e. The Morgan fingerprint density at radius 1 is 1.50 bits per heavy atom. The maximum atomic E-state index is 6.01. The van der Waals surface area contributed by atoms with Crippen LogP contribution in [0.4, 0.5) is 0 Å². The monoisotopic (exact) mass is 218 g/mol. The van der Waals surface area contributed by atoms with E-state index in [0.29, 0.717) is 17.9 Å². The standard InChI is InChI=1S/C15H22O/c1-10(2)13-6-7-15-9-12(13)8-11(3)4-5-14(15)16-15/h8,12-14H,1,4-7,9H2,2-3H3/b11-8-/t12-,13+,14-,15+/m1/s1. The van der Waals surface area contributed by atoms with Gasteiger partial charge in [0.25, 0.3) is 0 Å². The number of allylic oxidation sites excluding steroid dienone is 3. The topological polar surface area (TPSA) is 12.5 Å². The van der Waals surface area contributed by atoms with Gasteiger partial charge in [0.15, 0.2) is 0 Å². The summed E-state index contributed by atoms with van der Waals surface area (Å²) in [6.07, 6.45) is 9.34. The van der Waals surface area contributed by atoms with Crippen molar-refractivity contribution in [1.82, 2.24) is 0 Å². The van der Waals surface area contributed by atoms with Gasteiger partial charge in [0.05, 0.1) is 11.7 Å². The molecule has 1 nitrogen and oxygen atoms in total. The normalized spacial score (nSPS) is 49.4. The maximum Gasteiger partial charge on any atom is 0.0954 e. The van der Waals surface area contributed by atoms with Crippen molar-refractivity contribution in [3.63, 3.8) is 0 Å². The van der Waals surface area contributed by atoms with Crippen molar-refractivity contribution in [2.24, 2.45) is 11.8 Å². The fourth-order valence-electron chi connectivity index (χ4n) is 3.82. The molecule has 1 heteroatoms.